The Morgan fingerprint density at radius 1 is 1.55 bits per heavy atom. The molecule has 4 unspecified atom stereocenters. The molecule has 22 heavy (non-hydrogen) atoms. The van der Waals surface area contributed by atoms with E-state index in [1.165, 1.54) is 19.1 Å². The van der Waals surface area contributed by atoms with Crippen LogP contribution in [-0.2, 0) is 9.53 Å². The third-order valence-electron chi connectivity index (χ3n) is 4.19. The van der Waals surface area contributed by atoms with Crippen LogP contribution < -0.4 is 5.32 Å². The molecule has 1 heterocycles. The molecule has 1 aliphatic rings. The molecule has 0 bridgehead atoms. The van der Waals surface area contributed by atoms with Gasteiger partial charge in [-0.15, -0.1) is 0 Å². The zero-order valence-electron chi connectivity index (χ0n) is 13.5. The van der Waals surface area contributed by atoms with Crippen molar-refractivity contribution in [1.82, 2.24) is 5.32 Å². The smallest absolute Gasteiger partial charge is 0.246 e. The molecule has 1 amide bonds. The topological polar surface area (TPSA) is 71.7 Å². The van der Waals surface area contributed by atoms with E-state index in [4.69, 9.17) is 9.15 Å². The molecule has 0 radical (unpaired) electrons. The normalized spacial score (nSPS) is 24.7. The highest BCUT2D eigenvalue weighted by atomic mass is 16.5. The summed E-state index contributed by atoms with van der Waals surface area (Å²) in [5, 5.41) is 12.8. The van der Waals surface area contributed by atoms with Crippen molar-refractivity contribution in [3.8, 4) is 0 Å². The number of rotatable bonds is 7. The van der Waals surface area contributed by atoms with E-state index in [0.717, 1.165) is 12.8 Å². The molecule has 124 valence electrons. The number of ether oxygens (including phenoxy) is 1. The number of aliphatic hydroxyl groups excluding tert-OH is 1. The van der Waals surface area contributed by atoms with Gasteiger partial charge in [-0.1, -0.05) is 19.8 Å². The molecule has 0 saturated heterocycles. The van der Waals surface area contributed by atoms with Crippen LogP contribution in [0.25, 0.3) is 0 Å². The summed E-state index contributed by atoms with van der Waals surface area (Å²) < 4.78 is 10.9. The van der Waals surface area contributed by atoms with Crippen LogP contribution in [0.5, 0.6) is 0 Å². The molecule has 0 aromatic carbocycles. The minimum absolute atomic E-state index is 0.0958. The lowest BCUT2D eigenvalue weighted by Crippen LogP contribution is -2.37. The number of hydrogen-bond acceptors (Lipinski definition) is 4. The van der Waals surface area contributed by atoms with Crippen molar-refractivity contribution >= 4 is 5.91 Å². The molecule has 0 spiro atoms. The first kappa shape index (κ1) is 17.0. The first-order valence-corrected chi connectivity index (χ1v) is 8.17. The third-order valence-corrected chi connectivity index (χ3v) is 4.19. The Morgan fingerprint density at radius 3 is 3.05 bits per heavy atom. The zero-order chi connectivity index (χ0) is 15.9. The molecule has 1 fully saturated rings. The van der Waals surface area contributed by atoms with Gasteiger partial charge in [0.2, 0.25) is 5.91 Å². The van der Waals surface area contributed by atoms with Crippen molar-refractivity contribution in [1.29, 1.82) is 0 Å². The number of aliphatic hydroxyl groups is 1. The zero-order valence-corrected chi connectivity index (χ0v) is 13.5. The number of carbonyl (C=O) groups excluding carboxylic acids is 1. The van der Waals surface area contributed by atoms with Gasteiger partial charge >= 0.3 is 0 Å². The summed E-state index contributed by atoms with van der Waals surface area (Å²) in [6.07, 6.45) is 5.97. The lowest BCUT2D eigenvalue weighted by atomic mass is 9.89. The number of furan rings is 1. The van der Waals surface area contributed by atoms with E-state index in [1.807, 2.05) is 6.92 Å². The van der Waals surface area contributed by atoms with E-state index < -0.39 is 6.10 Å². The van der Waals surface area contributed by atoms with Gasteiger partial charge in [-0.05, 0) is 37.8 Å². The SMILES string of the molecule is CC1CCCC(OCC(=O)NC(C)CC(O)c2ccco2)C1. The molecule has 1 aliphatic carbocycles. The summed E-state index contributed by atoms with van der Waals surface area (Å²) in [4.78, 5) is 11.9. The highest BCUT2D eigenvalue weighted by molar-refractivity contribution is 5.77. The maximum absolute atomic E-state index is 11.9. The second-order valence-electron chi connectivity index (χ2n) is 6.44. The van der Waals surface area contributed by atoms with Crippen LogP contribution in [0.2, 0.25) is 0 Å². The molecule has 2 rings (SSSR count). The number of hydrogen-bond donors (Lipinski definition) is 2. The first-order valence-electron chi connectivity index (χ1n) is 8.17. The number of nitrogens with one attached hydrogen (secondary N) is 1. The Hall–Kier alpha value is -1.33. The molecule has 1 aromatic rings. The number of carbonyl (C=O) groups is 1. The fourth-order valence-corrected chi connectivity index (χ4v) is 3.03. The summed E-state index contributed by atoms with van der Waals surface area (Å²) >= 11 is 0. The summed E-state index contributed by atoms with van der Waals surface area (Å²) in [7, 11) is 0. The van der Waals surface area contributed by atoms with Crippen LogP contribution in [0.3, 0.4) is 0 Å². The van der Waals surface area contributed by atoms with Crippen molar-refractivity contribution in [2.75, 3.05) is 6.61 Å². The Bertz CT molecular complexity index is 446. The second-order valence-corrected chi connectivity index (χ2v) is 6.44. The summed E-state index contributed by atoms with van der Waals surface area (Å²) in [5.74, 6) is 1.08. The van der Waals surface area contributed by atoms with E-state index in [9.17, 15) is 9.90 Å². The van der Waals surface area contributed by atoms with Gasteiger partial charge in [-0.25, -0.2) is 0 Å². The summed E-state index contributed by atoms with van der Waals surface area (Å²) in [6, 6.07) is 3.33. The molecule has 1 aromatic heterocycles. The van der Waals surface area contributed by atoms with Crippen molar-refractivity contribution < 1.29 is 19.1 Å². The van der Waals surface area contributed by atoms with Crippen molar-refractivity contribution in [2.45, 2.75) is 64.2 Å². The van der Waals surface area contributed by atoms with Crippen molar-refractivity contribution in [3.05, 3.63) is 24.2 Å². The van der Waals surface area contributed by atoms with Gasteiger partial charge in [0, 0.05) is 12.5 Å². The van der Waals surface area contributed by atoms with Crippen molar-refractivity contribution in [2.24, 2.45) is 5.92 Å². The van der Waals surface area contributed by atoms with Crippen LogP contribution in [0.15, 0.2) is 22.8 Å². The Balaban J connectivity index is 1.65. The van der Waals surface area contributed by atoms with Gasteiger partial charge in [-0.3, -0.25) is 4.79 Å². The number of amides is 1. The largest absolute Gasteiger partial charge is 0.467 e. The molecule has 2 N–H and O–H groups in total. The molecular formula is C17H27NO4. The Labute approximate surface area is 132 Å². The minimum atomic E-state index is -0.703. The van der Waals surface area contributed by atoms with Gasteiger partial charge in [0.1, 0.15) is 18.5 Å². The highest BCUT2D eigenvalue weighted by Gasteiger charge is 2.21. The van der Waals surface area contributed by atoms with Gasteiger partial charge in [0.15, 0.2) is 0 Å². The summed E-state index contributed by atoms with van der Waals surface area (Å²) in [5.41, 5.74) is 0. The average molecular weight is 309 g/mol. The minimum Gasteiger partial charge on any atom is -0.467 e. The van der Waals surface area contributed by atoms with Crippen LogP contribution >= 0.6 is 0 Å². The monoisotopic (exact) mass is 309 g/mol. The van der Waals surface area contributed by atoms with E-state index in [-0.39, 0.29) is 24.7 Å². The fraction of sp³-hybridized carbons (Fsp3) is 0.706. The lowest BCUT2D eigenvalue weighted by molar-refractivity contribution is -0.129. The van der Waals surface area contributed by atoms with E-state index in [1.54, 1.807) is 12.1 Å². The molecule has 0 aliphatic heterocycles. The Kier molecular flexibility index (Phi) is 6.46. The molecule has 5 heteroatoms. The maximum atomic E-state index is 11.9. The molecular weight excluding hydrogens is 282 g/mol. The van der Waals surface area contributed by atoms with Crippen LogP contribution in [0, 0.1) is 5.92 Å². The standard InChI is InChI=1S/C17H27NO4/c1-12-5-3-6-14(9-12)22-11-17(20)18-13(2)10-15(19)16-7-4-8-21-16/h4,7-8,12-15,19H,3,5-6,9-11H2,1-2H3,(H,18,20). The van der Waals surface area contributed by atoms with E-state index in [0.29, 0.717) is 18.1 Å². The van der Waals surface area contributed by atoms with Crippen LogP contribution in [0.4, 0.5) is 0 Å². The van der Waals surface area contributed by atoms with Gasteiger partial charge < -0.3 is 19.6 Å². The quantitative estimate of drug-likeness (QED) is 0.812. The fourth-order valence-electron chi connectivity index (χ4n) is 3.03. The maximum Gasteiger partial charge on any atom is 0.246 e. The van der Waals surface area contributed by atoms with Crippen molar-refractivity contribution in [3.63, 3.8) is 0 Å². The lowest BCUT2D eigenvalue weighted by Gasteiger charge is -2.26. The molecule has 5 nitrogen and oxygen atoms in total. The van der Waals surface area contributed by atoms with Crippen LogP contribution in [0.1, 0.15) is 57.8 Å². The van der Waals surface area contributed by atoms with Gasteiger partial charge in [0.25, 0.3) is 0 Å². The van der Waals surface area contributed by atoms with Crippen LogP contribution in [-0.4, -0.2) is 29.8 Å². The third kappa shape index (κ3) is 5.46. The second kappa shape index (κ2) is 8.34. The van der Waals surface area contributed by atoms with Gasteiger partial charge in [-0.2, -0.15) is 0 Å². The van der Waals surface area contributed by atoms with E-state index in [2.05, 4.69) is 12.2 Å². The predicted octanol–water partition coefficient (Wildman–Crippen LogP) is 2.80. The average Bonchev–Trinajstić information content (AvgIpc) is 2.99. The van der Waals surface area contributed by atoms with E-state index >= 15 is 0 Å². The Morgan fingerprint density at radius 2 is 2.36 bits per heavy atom. The first-order chi connectivity index (χ1) is 10.5. The highest BCUT2D eigenvalue weighted by Crippen LogP contribution is 2.25. The molecule has 1 saturated carbocycles. The predicted molar refractivity (Wildman–Crippen MR) is 83.3 cm³/mol. The van der Waals surface area contributed by atoms with Gasteiger partial charge in [0.05, 0.1) is 12.4 Å². The summed E-state index contributed by atoms with van der Waals surface area (Å²) in [6.45, 7) is 4.19. The molecule has 4 atom stereocenters.